The lowest BCUT2D eigenvalue weighted by Gasteiger charge is -2.12. The number of methoxy groups -OCH3 is 2. The van der Waals surface area contributed by atoms with Gasteiger partial charge in [-0.1, -0.05) is 24.3 Å². The number of halogens is 1. The highest BCUT2D eigenvalue weighted by Gasteiger charge is 2.07. The third-order valence-electron chi connectivity index (χ3n) is 4.10. The van der Waals surface area contributed by atoms with Crippen molar-refractivity contribution in [3.8, 4) is 11.5 Å². The van der Waals surface area contributed by atoms with E-state index in [0.717, 1.165) is 11.1 Å². The topological polar surface area (TPSA) is 86.7 Å². The van der Waals surface area contributed by atoms with Crippen molar-refractivity contribution >= 4 is 35.6 Å². The Balaban J connectivity index is 0.00000280. The van der Waals surface area contributed by atoms with Crippen molar-refractivity contribution in [1.29, 1.82) is 0 Å². The number of ether oxygens (including phenoxy) is 2. The number of anilines is 1. The predicted molar refractivity (Wildman–Crippen MR) is 122 cm³/mol. The van der Waals surface area contributed by atoms with Gasteiger partial charge in [-0.05, 0) is 29.3 Å². The van der Waals surface area contributed by atoms with Crippen molar-refractivity contribution in [1.82, 2.24) is 9.78 Å². The second-order valence-electron chi connectivity index (χ2n) is 5.87. The summed E-state index contributed by atoms with van der Waals surface area (Å²) in [7, 11) is 3.21. The fourth-order valence-corrected chi connectivity index (χ4v) is 2.69. The van der Waals surface area contributed by atoms with Crippen LogP contribution in [0.15, 0.2) is 65.9 Å². The monoisotopic (exact) mass is 493 g/mol. The van der Waals surface area contributed by atoms with Crippen molar-refractivity contribution in [3.63, 3.8) is 0 Å². The van der Waals surface area contributed by atoms with Gasteiger partial charge in [0.05, 0.1) is 33.0 Å². The van der Waals surface area contributed by atoms with Gasteiger partial charge in [-0.3, -0.25) is 4.68 Å². The second kappa shape index (κ2) is 10.5. The maximum atomic E-state index is 6.08. The number of guanidine groups is 1. The molecule has 0 saturated heterocycles. The van der Waals surface area contributed by atoms with E-state index in [1.54, 1.807) is 20.4 Å². The highest BCUT2D eigenvalue weighted by atomic mass is 127. The summed E-state index contributed by atoms with van der Waals surface area (Å²) in [6.45, 7) is 1.15. The van der Waals surface area contributed by atoms with Gasteiger partial charge in [0.2, 0.25) is 0 Å². The molecule has 0 aliphatic rings. The first-order valence-electron chi connectivity index (χ1n) is 8.53. The van der Waals surface area contributed by atoms with Crippen molar-refractivity contribution in [2.75, 3.05) is 19.5 Å². The van der Waals surface area contributed by atoms with E-state index >= 15 is 0 Å². The number of nitrogens with one attached hydrogen (secondary N) is 1. The summed E-state index contributed by atoms with van der Waals surface area (Å²) in [5.41, 5.74) is 9.02. The lowest BCUT2D eigenvalue weighted by atomic mass is 10.1. The van der Waals surface area contributed by atoms with E-state index in [9.17, 15) is 0 Å². The van der Waals surface area contributed by atoms with Gasteiger partial charge in [-0.15, -0.1) is 24.0 Å². The van der Waals surface area contributed by atoms with Crippen LogP contribution in [-0.2, 0) is 13.1 Å². The van der Waals surface area contributed by atoms with Crippen LogP contribution in [0.3, 0.4) is 0 Å². The highest BCUT2D eigenvalue weighted by Crippen LogP contribution is 2.28. The van der Waals surface area contributed by atoms with Crippen LogP contribution < -0.4 is 20.5 Å². The van der Waals surface area contributed by atoms with Crippen LogP contribution in [0.2, 0.25) is 0 Å². The van der Waals surface area contributed by atoms with Gasteiger partial charge in [-0.25, -0.2) is 4.99 Å². The number of rotatable bonds is 7. The average molecular weight is 493 g/mol. The fourth-order valence-electron chi connectivity index (χ4n) is 2.69. The minimum Gasteiger partial charge on any atom is -0.497 e. The summed E-state index contributed by atoms with van der Waals surface area (Å²) >= 11 is 0. The minimum absolute atomic E-state index is 0. The molecule has 0 aliphatic carbocycles. The molecule has 1 aromatic heterocycles. The molecule has 2 aromatic carbocycles. The molecule has 8 heteroatoms. The summed E-state index contributed by atoms with van der Waals surface area (Å²) in [6.07, 6.45) is 3.70. The standard InChI is InChI=1S/C20H23N5O2.HI/c1-26-17-8-9-19(27-2)18(12-17)24-20(21)22-13-15-6-3-4-7-16(15)14-25-11-5-10-23-25;/h3-12H,13-14H2,1-2H3,(H3,21,22,24);1H. The van der Waals surface area contributed by atoms with Crippen LogP contribution in [0.4, 0.5) is 5.69 Å². The van der Waals surface area contributed by atoms with Crippen molar-refractivity contribution < 1.29 is 9.47 Å². The number of aliphatic imine (C=N–C) groups is 1. The molecule has 0 saturated carbocycles. The zero-order valence-corrected chi connectivity index (χ0v) is 18.2. The first-order chi connectivity index (χ1) is 13.2. The predicted octanol–water partition coefficient (Wildman–Crippen LogP) is 3.49. The maximum absolute atomic E-state index is 6.08. The number of nitrogens with zero attached hydrogens (tertiary/aromatic N) is 3. The van der Waals surface area contributed by atoms with E-state index in [4.69, 9.17) is 15.2 Å². The van der Waals surface area contributed by atoms with E-state index in [-0.39, 0.29) is 24.0 Å². The van der Waals surface area contributed by atoms with Gasteiger partial charge in [0.15, 0.2) is 5.96 Å². The molecule has 0 amide bonds. The molecular weight excluding hydrogens is 469 g/mol. The summed E-state index contributed by atoms with van der Waals surface area (Å²) in [4.78, 5) is 4.47. The summed E-state index contributed by atoms with van der Waals surface area (Å²) in [5.74, 6) is 1.67. The summed E-state index contributed by atoms with van der Waals surface area (Å²) in [6, 6.07) is 15.5. The van der Waals surface area contributed by atoms with Crippen molar-refractivity contribution in [2.45, 2.75) is 13.1 Å². The molecule has 0 unspecified atom stereocenters. The molecule has 0 atom stereocenters. The highest BCUT2D eigenvalue weighted by molar-refractivity contribution is 14.0. The Bertz CT molecular complexity index is 913. The van der Waals surface area contributed by atoms with Gasteiger partial charge in [0, 0.05) is 18.5 Å². The Morgan fingerprint density at radius 3 is 2.57 bits per heavy atom. The molecule has 0 radical (unpaired) electrons. The zero-order valence-electron chi connectivity index (χ0n) is 15.8. The van der Waals surface area contributed by atoms with Crippen molar-refractivity contribution in [2.24, 2.45) is 10.7 Å². The third kappa shape index (κ3) is 5.62. The van der Waals surface area contributed by atoms with E-state index in [1.165, 1.54) is 0 Å². The SMILES string of the molecule is COc1ccc(OC)c(NC(N)=NCc2ccccc2Cn2cccn2)c1.I. The summed E-state index contributed by atoms with van der Waals surface area (Å²) < 4.78 is 12.5. The van der Waals surface area contributed by atoms with Crippen LogP contribution in [-0.4, -0.2) is 30.0 Å². The normalized spacial score (nSPS) is 10.9. The molecule has 0 bridgehead atoms. The first-order valence-corrected chi connectivity index (χ1v) is 8.53. The van der Waals surface area contributed by atoms with Gasteiger partial charge >= 0.3 is 0 Å². The molecule has 0 spiro atoms. The Morgan fingerprint density at radius 2 is 1.89 bits per heavy atom. The van der Waals surface area contributed by atoms with E-state index in [2.05, 4.69) is 21.5 Å². The zero-order chi connectivity index (χ0) is 19.1. The molecule has 3 N–H and O–H groups in total. The number of hydrogen-bond donors (Lipinski definition) is 2. The molecule has 148 valence electrons. The number of benzene rings is 2. The summed E-state index contributed by atoms with van der Waals surface area (Å²) in [5, 5.41) is 7.33. The van der Waals surface area contributed by atoms with Crippen LogP contribution >= 0.6 is 24.0 Å². The molecule has 3 rings (SSSR count). The van der Waals surface area contributed by atoms with Crippen LogP contribution in [0.1, 0.15) is 11.1 Å². The number of hydrogen-bond acceptors (Lipinski definition) is 4. The van der Waals surface area contributed by atoms with Crippen LogP contribution in [0.25, 0.3) is 0 Å². The third-order valence-corrected chi connectivity index (χ3v) is 4.10. The quantitative estimate of drug-likeness (QED) is 0.299. The maximum Gasteiger partial charge on any atom is 0.193 e. The second-order valence-corrected chi connectivity index (χ2v) is 5.87. The van der Waals surface area contributed by atoms with E-state index in [1.807, 2.05) is 53.3 Å². The molecule has 0 aliphatic heterocycles. The van der Waals surface area contributed by atoms with E-state index < -0.39 is 0 Å². The average Bonchev–Trinajstić information content (AvgIpc) is 3.20. The molecule has 7 nitrogen and oxygen atoms in total. The smallest absolute Gasteiger partial charge is 0.193 e. The Kier molecular flexibility index (Phi) is 8.12. The van der Waals surface area contributed by atoms with E-state index in [0.29, 0.717) is 36.2 Å². The van der Waals surface area contributed by atoms with Gasteiger partial charge in [0.25, 0.3) is 0 Å². The van der Waals surface area contributed by atoms with Gasteiger partial charge < -0.3 is 20.5 Å². The molecule has 1 heterocycles. The number of nitrogens with two attached hydrogens (primary N) is 1. The Morgan fingerprint density at radius 1 is 1.11 bits per heavy atom. The lowest BCUT2D eigenvalue weighted by molar-refractivity contribution is 0.405. The number of aromatic nitrogens is 2. The molecule has 28 heavy (non-hydrogen) atoms. The van der Waals surface area contributed by atoms with Crippen LogP contribution in [0.5, 0.6) is 11.5 Å². The molecule has 3 aromatic rings. The largest absolute Gasteiger partial charge is 0.497 e. The Labute approximate surface area is 181 Å². The molecular formula is C20H24IN5O2. The molecule has 0 fully saturated rings. The Hall–Kier alpha value is -2.75. The first kappa shape index (κ1) is 21.5. The van der Waals surface area contributed by atoms with Gasteiger partial charge in [-0.2, -0.15) is 5.10 Å². The lowest BCUT2D eigenvalue weighted by Crippen LogP contribution is -2.23. The van der Waals surface area contributed by atoms with Crippen LogP contribution in [0, 0.1) is 0 Å². The van der Waals surface area contributed by atoms with Gasteiger partial charge in [0.1, 0.15) is 11.5 Å². The van der Waals surface area contributed by atoms with Crippen molar-refractivity contribution in [3.05, 3.63) is 72.1 Å². The fraction of sp³-hybridized carbons (Fsp3) is 0.200. The minimum atomic E-state index is 0.